The first-order valence-electron chi connectivity index (χ1n) is 9.14. The summed E-state index contributed by atoms with van der Waals surface area (Å²) in [7, 11) is 1.75. The van der Waals surface area contributed by atoms with Gasteiger partial charge < -0.3 is 24.8 Å². The predicted molar refractivity (Wildman–Crippen MR) is 121 cm³/mol. The van der Waals surface area contributed by atoms with E-state index >= 15 is 0 Å². The molecule has 8 heteroatoms. The summed E-state index contributed by atoms with van der Waals surface area (Å²) in [5.74, 6) is 1.56. The van der Waals surface area contributed by atoms with Crippen molar-refractivity contribution < 1.29 is 14.2 Å². The Labute approximate surface area is 184 Å². The van der Waals surface area contributed by atoms with Gasteiger partial charge in [0.05, 0.1) is 18.7 Å². The molecule has 1 aromatic rings. The first kappa shape index (κ1) is 24.3. The molecule has 27 heavy (non-hydrogen) atoms. The molecule has 1 heterocycles. The predicted octanol–water partition coefficient (Wildman–Crippen LogP) is 3.48. The van der Waals surface area contributed by atoms with Gasteiger partial charge in [-0.05, 0) is 38.1 Å². The lowest BCUT2D eigenvalue weighted by molar-refractivity contribution is -0.0828. The van der Waals surface area contributed by atoms with Crippen LogP contribution in [0.1, 0.15) is 26.7 Å². The zero-order chi connectivity index (χ0) is 18.8. The molecule has 0 amide bonds. The molecule has 1 aliphatic rings. The van der Waals surface area contributed by atoms with Crippen LogP contribution in [0.2, 0.25) is 5.02 Å². The number of nitrogens with zero attached hydrogens (tertiary/aromatic N) is 1. The number of hydrogen-bond donors (Lipinski definition) is 2. The summed E-state index contributed by atoms with van der Waals surface area (Å²) in [6.07, 6.45) is 1.71. The van der Waals surface area contributed by atoms with Gasteiger partial charge in [-0.1, -0.05) is 11.6 Å². The molecule has 1 aromatic carbocycles. The lowest BCUT2D eigenvalue weighted by Crippen LogP contribution is -2.45. The number of halogens is 2. The van der Waals surface area contributed by atoms with Gasteiger partial charge in [0.15, 0.2) is 5.96 Å². The number of methoxy groups -OCH3 is 1. The van der Waals surface area contributed by atoms with E-state index in [1.54, 1.807) is 7.11 Å². The Kier molecular flexibility index (Phi) is 11.4. The van der Waals surface area contributed by atoms with Crippen molar-refractivity contribution in [2.24, 2.45) is 4.99 Å². The average Bonchev–Trinajstić information content (AvgIpc) is 2.66. The minimum Gasteiger partial charge on any atom is -0.489 e. The molecule has 1 atom stereocenters. The number of benzene rings is 1. The summed E-state index contributed by atoms with van der Waals surface area (Å²) in [4.78, 5) is 4.71. The van der Waals surface area contributed by atoms with Crippen LogP contribution < -0.4 is 15.4 Å². The third-order valence-electron chi connectivity index (χ3n) is 4.41. The molecule has 1 unspecified atom stereocenters. The van der Waals surface area contributed by atoms with Gasteiger partial charge in [0, 0.05) is 44.7 Å². The Morgan fingerprint density at radius 2 is 1.93 bits per heavy atom. The highest BCUT2D eigenvalue weighted by Crippen LogP contribution is 2.24. The van der Waals surface area contributed by atoms with Crippen molar-refractivity contribution in [1.82, 2.24) is 10.6 Å². The van der Waals surface area contributed by atoms with Gasteiger partial charge in [-0.15, -0.1) is 24.0 Å². The van der Waals surface area contributed by atoms with Gasteiger partial charge in [0.1, 0.15) is 11.9 Å². The van der Waals surface area contributed by atoms with Crippen LogP contribution in [0.3, 0.4) is 0 Å². The molecule has 0 bridgehead atoms. The standard InChI is InChI=1S/C19H30ClN3O3.HI/c1-4-21-18(23-14-19(24-3)9-11-25-12-10-19)22-13-15(2)26-17-7-5-16(20)6-8-17;/h5-8,15H,4,9-14H2,1-3H3,(H2,21,22,23);1H. The molecule has 0 radical (unpaired) electrons. The molecular weight excluding hydrogens is 481 g/mol. The van der Waals surface area contributed by atoms with Crippen LogP contribution in [0.15, 0.2) is 29.3 Å². The molecule has 2 rings (SSSR count). The van der Waals surface area contributed by atoms with Crippen molar-refractivity contribution >= 4 is 41.5 Å². The van der Waals surface area contributed by atoms with Crippen LogP contribution in [-0.4, -0.2) is 57.6 Å². The second kappa shape index (κ2) is 12.6. The SMILES string of the molecule is CCNC(=NCC1(OC)CCOCC1)NCC(C)Oc1ccc(Cl)cc1.I. The molecule has 6 nitrogen and oxygen atoms in total. The molecule has 0 spiro atoms. The van der Waals surface area contributed by atoms with Crippen LogP contribution in [0.25, 0.3) is 0 Å². The summed E-state index contributed by atoms with van der Waals surface area (Å²) >= 11 is 5.90. The van der Waals surface area contributed by atoms with Gasteiger partial charge in [-0.2, -0.15) is 0 Å². The second-order valence-electron chi connectivity index (χ2n) is 6.46. The molecule has 0 aliphatic carbocycles. The number of hydrogen-bond acceptors (Lipinski definition) is 4. The van der Waals surface area contributed by atoms with Gasteiger partial charge >= 0.3 is 0 Å². The van der Waals surface area contributed by atoms with E-state index in [0.29, 0.717) is 18.1 Å². The van der Waals surface area contributed by atoms with Gasteiger partial charge in [0.2, 0.25) is 0 Å². The van der Waals surface area contributed by atoms with E-state index in [2.05, 4.69) is 10.6 Å². The Bertz CT molecular complexity index is 566. The molecular formula is C19H31ClIN3O3. The topological polar surface area (TPSA) is 64.1 Å². The maximum absolute atomic E-state index is 5.90. The fraction of sp³-hybridized carbons (Fsp3) is 0.632. The highest BCUT2D eigenvalue weighted by molar-refractivity contribution is 14.0. The molecule has 154 valence electrons. The van der Waals surface area contributed by atoms with E-state index in [0.717, 1.165) is 44.3 Å². The van der Waals surface area contributed by atoms with Crippen LogP contribution >= 0.6 is 35.6 Å². The van der Waals surface area contributed by atoms with Gasteiger partial charge in [-0.3, -0.25) is 4.99 Å². The number of ether oxygens (including phenoxy) is 3. The Hall–Kier alpha value is -0.770. The number of rotatable bonds is 8. The molecule has 1 aliphatic heterocycles. The molecule has 1 saturated heterocycles. The van der Waals surface area contributed by atoms with Crippen molar-refractivity contribution in [1.29, 1.82) is 0 Å². The minimum absolute atomic E-state index is 0. The first-order valence-corrected chi connectivity index (χ1v) is 9.52. The highest BCUT2D eigenvalue weighted by Gasteiger charge is 2.32. The summed E-state index contributed by atoms with van der Waals surface area (Å²) in [5, 5.41) is 7.30. The molecule has 0 saturated carbocycles. The number of aliphatic imine (C=N–C) groups is 1. The highest BCUT2D eigenvalue weighted by atomic mass is 127. The van der Waals surface area contributed by atoms with Crippen LogP contribution in [0.5, 0.6) is 5.75 Å². The quantitative estimate of drug-likeness (QED) is 0.318. The Morgan fingerprint density at radius 3 is 2.52 bits per heavy atom. The first-order chi connectivity index (χ1) is 12.6. The molecule has 1 fully saturated rings. The van der Waals surface area contributed by atoms with E-state index in [9.17, 15) is 0 Å². The number of nitrogens with one attached hydrogen (secondary N) is 2. The van der Waals surface area contributed by atoms with Crippen LogP contribution in [-0.2, 0) is 9.47 Å². The van der Waals surface area contributed by atoms with Crippen molar-refractivity contribution in [3.05, 3.63) is 29.3 Å². The van der Waals surface area contributed by atoms with Crippen molar-refractivity contribution in [2.75, 3.05) is 40.0 Å². The van der Waals surface area contributed by atoms with E-state index in [1.807, 2.05) is 38.1 Å². The fourth-order valence-electron chi connectivity index (χ4n) is 2.76. The maximum atomic E-state index is 5.90. The Balaban J connectivity index is 0.00000364. The summed E-state index contributed by atoms with van der Waals surface area (Å²) < 4.78 is 17.1. The lowest BCUT2D eigenvalue weighted by Gasteiger charge is -2.34. The largest absolute Gasteiger partial charge is 0.489 e. The van der Waals surface area contributed by atoms with Crippen molar-refractivity contribution in [2.45, 2.75) is 38.4 Å². The third kappa shape index (κ3) is 8.41. The van der Waals surface area contributed by atoms with Crippen molar-refractivity contribution in [3.8, 4) is 5.75 Å². The normalized spacial score (nSPS) is 17.6. The van der Waals surface area contributed by atoms with Crippen molar-refractivity contribution in [3.63, 3.8) is 0 Å². The van der Waals surface area contributed by atoms with Crippen LogP contribution in [0, 0.1) is 0 Å². The van der Waals surface area contributed by atoms with E-state index in [-0.39, 0.29) is 35.7 Å². The second-order valence-corrected chi connectivity index (χ2v) is 6.89. The van der Waals surface area contributed by atoms with E-state index < -0.39 is 0 Å². The molecule has 0 aromatic heterocycles. The summed E-state index contributed by atoms with van der Waals surface area (Å²) in [6, 6.07) is 7.37. The zero-order valence-corrected chi connectivity index (χ0v) is 19.4. The van der Waals surface area contributed by atoms with Crippen LogP contribution in [0.4, 0.5) is 0 Å². The number of guanidine groups is 1. The average molecular weight is 512 g/mol. The van der Waals surface area contributed by atoms with E-state index in [4.69, 9.17) is 30.8 Å². The molecule has 2 N–H and O–H groups in total. The maximum Gasteiger partial charge on any atom is 0.191 e. The van der Waals surface area contributed by atoms with Gasteiger partial charge in [0.25, 0.3) is 0 Å². The zero-order valence-electron chi connectivity index (χ0n) is 16.3. The monoisotopic (exact) mass is 511 g/mol. The van der Waals surface area contributed by atoms with E-state index in [1.165, 1.54) is 0 Å². The third-order valence-corrected chi connectivity index (χ3v) is 4.67. The minimum atomic E-state index is -0.230. The summed E-state index contributed by atoms with van der Waals surface area (Å²) in [6.45, 7) is 7.54. The smallest absolute Gasteiger partial charge is 0.191 e. The summed E-state index contributed by atoms with van der Waals surface area (Å²) in [5.41, 5.74) is -0.230. The Morgan fingerprint density at radius 1 is 1.26 bits per heavy atom. The van der Waals surface area contributed by atoms with Gasteiger partial charge in [-0.25, -0.2) is 0 Å². The lowest BCUT2D eigenvalue weighted by atomic mass is 9.94. The fourth-order valence-corrected chi connectivity index (χ4v) is 2.89.